The van der Waals surface area contributed by atoms with Crippen LogP contribution in [0, 0.1) is 5.82 Å². The highest BCUT2D eigenvalue weighted by molar-refractivity contribution is 9.10. The van der Waals surface area contributed by atoms with Crippen LogP contribution in [0.2, 0.25) is 0 Å². The quantitative estimate of drug-likeness (QED) is 0.800. The number of hydrogen-bond donors (Lipinski definition) is 0. The first-order chi connectivity index (χ1) is 9.58. The molecule has 0 aliphatic carbocycles. The Kier molecular flexibility index (Phi) is 3.33. The Hall–Kier alpha value is -1.69. The molecule has 6 heteroatoms. The van der Waals surface area contributed by atoms with Crippen LogP contribution in [-0.2, 0) is 6.54 Å². The molecule has 1 aromatic carbocycles. The highest BCUT2D eigenvalue weighted by Gasteiger charge is 2.24. The van der Waals surface area contributed by atoms with Crippen molar-refractivity contribution in [2.45, 2.75) is 25.4 Å². The van der Waals surface area contributed by atoms with Crippen molar-refractivity contribution in [2.75, 3.05) is 0 Å². The molecule has 1 aliphatic heterocycles. The Morgan fingerprint density at radius 1 is 1.20 bits per heavy atom. The van der Waals surface area contributed by atoms with Gasteiger partial charge in [-0.05, 0) is 46.5 Å². The van der Waals surface area contributed by atoms with Gasteiger partial charge in [-0.15, -0.1) is 0 Å². The van der Waals surface area contributed by atoms with Crippen LogP contribution in [0.15, 0.2) is 44.4 Å². The van der Waals surface area contributed by atoms with Gasteiger partial charge in [0.05, 0.1) is 10.5 Å². The van der Waals surface area contributed by atoms with Gasteiger partial charge in [0.1, 0.15) is 5.82 Å². The van der Waals surface area contributed by atoms with Gasteiger partial charge in [-0.25, -0.2) is 13.8 Å². The smallest absolute Gasteiger partial charge is 0.268 e. The van der Waals surface area contributed by atoms with Gasteiger partial charge < -0.3 is 0 Å². The Morgan fingerprint density at radius 3 is 2.60 bits per heavy atom. The van der Waals surface area contributed by atoms with Crippen molar-refractivity contribution in [3.8, 4) is 0 Å². The van der Waals surface area contributed by atoms with Crippen LogP contribution in [0.3, 0.4) is 0 Å². The first-order valence-corrected chi connectivity index (χ1v) is 7.15. The molecule has 0 N–H and O–H groups in total. The molecule has 0 fully saturated rings. The van der Waals surface area contributed by atoms with Crippen LogP contribution >= 0.6 is 15.9 Å². The zero-order chi connectivity index (χ0) is 14.3. The highest BCUT2D eigenvalue weighted by Crippen LogP contribution is 2.25. The van der Waals surface area contributed by atoms with E-state index < -0.39 is 0 Å². The lowest BCUT2D eigenvalue weighted by molar-refractivity contribution is 0.289. The van der Waals surface area contributed by atoms with Crippen LogP contribution in [0.4, 0.5) is 4.39 Å². The average Bonchev–Trinajstić information content (AvgIpc) is 2.45. The summed E-state index contributed by atoms with van der Waals surface area (Å²) in [5, 5.41) is 0. The Labute approximate surface area is 122 Å². The lowest BCUT2D eigenvalue weighted by atomic mass is 10.0. The summed E-state index contributed by atoms with van der Waals surface area (Å²) in [6, 6.07) is 7.13. The molecule has 1 aliphatic rings. The molecule has 2 aromatic rings. The zero-order valence-corrected chi connectivity index (χ0v) is 12.1. The molecule has 0 saturated carbocycles. The Balaban J connectivity index is 2.20. The van der Waals surface area contributed by atoms with Gasteiger partial charge in [0.25, 0.3) is 11.1 Å². The number of benzene rings is 1. The van der Waals surface area contributed by atoms with E-state index in [9.17, 15) is 14.0 Å². The molecule has 2 heterocycles. The van der Waals surface area contributed by atoms with Crippen LogP contribution in [0.25, 0.3) is 0 Å². The predicted molar refractivity (Wildman–Crippen MR) is 76.4 cm³/mol. The third-order valence-corrected chi connectivity index (χ3v) is 4.14. The molecular formula is C14H12BrFN2O2. The van der Waals surface area contributed by atoms with Crippen molar-refractivity contribution in [3.05, 3.63) is 66.9 Å². The van der Waals surface area contributed by atoms with Crippen molar-refractivity contribution >= 4 is 15.9 Å². The maximum absolute atomic E-state index is 13.0. The maximum atomic E-state index is 13.0. The second kappa shape index (κ2) is 5.01. The molecule has 0 radical (unpaired) electrons. The minimum atomic E-state index is -0.315. The van der Waals surface area contributed by atoms with E-state index >= 15 is 0 Å². The van der Waals surface area contributed by atoms with E-state index in [2.05, 4.69) is 15.9 Å². The second-order valence-electron chi connectivity index (χ2n) is 4.81. The second-order valence-corrected chi connectivity index (χ2v) is 5.67. The molecular weight excluding hydrogens is 327 g/mol. The van der Waals surface area contributed by atoms with E-state index in [-0.39, 0.29) is 27.5 Å². The van der Waals surface area contributed by atoms with Crippen LogP contribution in [-0.4, -0.2) is 9.36 Å². The van der Waals surface area contributed by atoms with Gasteiger partial charge in [0.2, 0.25) is 0 Å². The lowest BCUT2D eigenvalue weighted by Gasteiger charge is -2.29. The van der Waals surface area contributed by atoms with E-state index in [1.807, 2.05) is 0 Å². The standard InChI is InChI=1S/C14H12BrFN2O2/c15-11-8-13(19)18-12(2-1-7-17(18)14(11)20)9-3-5-10(16)6-4-9/h3-6,8,12H,1-2,7H2. The van der Waals surface area contributed by atoms with Crippen LogP contribution < -0.4 is 11.1 Å². The van der Waals surface area contributed by atoms with Crippen molar-refractivity contribution in [3.63, 3.8) is 0 Å². The number of nitrogens with zero attached hydrogens (tertiary/aromatic N) is 2. The summed E-state index contributed by atoms with van der Waals surface area (Å²) in [4.78, 5) is 24.3. The molecule has 0 spiro atoms. The van der Waals surface area contributed by atoms with Gasteiger partial charge in [0.15, 0.2) is 0 Å². The first kappa shape index (κ1) is 13.3. The fourth-order valence-corrected chi connectivity index (χ4v) is 3.06. The third kappa shape index (κ3) is 2.14. The SMILES string of the molecule is O=c1c(Br)cc(=O)n2n1CCCC2c1ccc(F)cc1. The van der Waals surface area contributed by atoms with Crippen molar-refractivity contribution in [2.24, 2.45) is 0 Å². The summed E-state index contributed by atoms with van der Waals surface area (Å²) in [5.41, 5.74) is 0.394. The molecule has 1 unspecified atom stereocenters. The minimum absolute atomic E-state index is 0.212. The van der Waals surface area contributed by atoms with E-state index in [1.54, 1.807) is 12.1 Å². The average molecular weight is 339 g/mol. The molecule has 0 bridgehead atoms. The molecule has 0 amide bonds. The largest absolute Gasteiger partial charge is 0.279 e. The first-order valence-electron chi connectivity index (χ1n) is 6.35. The Morgan fingerprint density at radius 2 is 1.90 bits per heavy atom. The molecule has 104 valence electrons. The molecule has 1 aromatic heterocycles. The van der Waals surface area contributed by atoms with Gasteiger partial charge >= 0.3 is 0 Å². The number of aromatic nitrogens is 2. The van der Waals surface area contributed by atoms with Gasteiger partial charge in [-0.2, -0.15) is 0 Å². The fraction of sp³-hybridized carbons (Fsp3) is 0.286. The van der Waals surface area contributed by atoms with Gasteiger partial charge in [-0.3, -0.25) is 9.59 Å². The summed E-state index contributed by atoms with van der Waals surface area (Å²) in [6.07, 6.45) is 1.56. The normalized spacial score (nSPS) is 17.8. The molecule has 1 atom stereocenters. The number of hydrogen-bond acceptors (Lipinski definition) is 2. The molecule has 20 heavy (non-hydrogen) atoms. The molecule has 4 nitrogen and oxygen atoms in total. The topological polar surface area (TPSA) is 44.0 Å². The zero-order valence-electron chi connectivity index (χ0n) is 10.6. The fourth-order valence-electron chi connectivity index (χ4n) is 2.66. The van der Waals surface area contributed by atoms with Crippen LogP contribution in [0.1, 0.15) is 24.4 Å². The molecule has 0 saturated heterocycles. The summed E-state index contributed by atoms with van der Waals surface area (Å²) >= 11 is 3.11. The number of halogens is 2. The minimum Gasteiger partial charge on any atom is -0.268 e. The highest BCUT2D eigenvalue weighted by atomic mass is 79.9. The lowest BCUT2D eigenvalue weighted by Crippen LogP contribution is -2.43. The monoisotopic (exact) mass is 338 g/mol. The van der Waals surface area contributed by atoms with E-state index in [0.29, 0.717) is 6.54 Å². The van der Waals surface area contributed by atoms with E-state index in [1.165, 1.54) is 27.6 Å². The van der Waals surface area contributed by atoms with Crippen LogP contribution in [0.5, 0.6) is 0 Å². The predicted octanol–water partition coefficient (Wildman–Crippen LogP) is 2.29. The summed E-state index contributed by atoms with van der Waals surface area (Å²) in [6.45, 7) is 0.519. The van der Waals surface area contributed by atoms with Crippen molar-refractivity contribution in [1.29, 1.82) is 0 Å². The van der Waals surface area contributed by atoms with Gasteiger partial charge in [-0.1, -0.05) is 12.1 Å². The number of rotatable bonds is 1. The Bertz CT molecular complexity index is 764. The van der Waals surface area contributed by atoms with Crippen molar-refractivity contribution < 1.29 is 4.39 Å². The van der Waals surface area contributed by atoms with Crippen molar-refractivity contribution in [1.82, 2.24) is 9.36 Å². The molecule has 3 rings (SSSR count). The van der Waals surface area contributed by atoms with E-state index in [4.69, 9.17) is 0 Å². The summed E-state index contributed by atoms with van der Waals surface area (Å²) in [7, 11) is 0. The van der Waals surface area contributed by atoms with E-state index in [0.717, 1.165) is 18.4 Å². The summed E-state index contributed by atoms with van der Waals surface area (Å²) < 4.78 is 16.2. The maximum Gasteiger partial charge on any atom is 0.279 e. The summed E-state index contributed by atoms with van der Waals surface area (Å²) in [5.74, 6) is -0.315. The number of fused-ring (bicyclic) bond motifs is 1. The van der Waals surface area contributed by atoms with Gasteiger partial charge in [0, 0.05) is 12.6 Å². The third-order valence-electron chi connectivity index (χ3n) is 3.57.